The molecule has 0 radical (unpaired) electrons. The Bertz CT molecular complexity index is 1370. The molecule has 348 valence electrons. The van der Waals surface area contributed by atoms with Crippen LogP contribution in [0.15, 0.2) is 48.5 Å². The van der Waals surface area contributed by atoms with Gasteiger partial charge in [0.2, 0.25) is 0 Å². The lowest BCUT2D eigenvalue weighted by Gasteiger charge is -2.13. The zero-order valence-corrected chi connectivity index (χ0v) is 35.9. The molecule has 2 aromatic rings. The van der Waals surface area contributed by atoms with E-state index in [0.717, 1.165) is 25.0 Å². The number of alkyl halides is 3. The summed E-state index contributed by atoms with van der Waals surface area (Å²) >= 11 is 0. The highest BCUT2D eigenvalue weighted by Crippen LogP contribution is 2.32. The molecular formula is C44H68F3NO13. The van der Waals surface area contributed by atoms with Crippen molar-refractivity contribution in [2.75, 3.05) is 137 Å². The van der Waals surface area contributed by atoms with Crippen LogP contribution in [0.5, 0.6) is 0 Å². The Labute approximate surface area is 359 Å². The number of halogens is 3. The third kappa shape index (κ3) is 30.3. The molecule has 0 amide bonds. The summed E-state index contributed by atoms with van der Waals surface area (Å²) in [5.41, 5.74) is -0.101. The summed E-state index contributed by atoms with van der Waals surface area (Å²) < 4.78 is 98.9. The summed E-state index contributed by atoms with van der Waals surface area (Å²) in [7, 11) is 0. The third-order valence-corrected chi connectivity index (χ3v) is 8.53. The Morgan fingerprint density at radius 3 is 1.36 bits per heavy atom. The van der Waals surface area contributed by atoms with Crippen LogP contribution in [0.1, 0.15) is 74.2 Å². The standard InChI is InChI=1S/C44H68F3NO13/c1-2-3-4-5-6-7-8-16-42(49)60-35-33-58-31-29-56-27-25-54-23-21-52-19-17-51-18-20-53-22-24-55-26-28-57-30-32-59-34-36-61-43(50)40-14-9-10-15-41(40)48-39-13-11-12-38(37-39)44(45,46)47/h9-15,37,48H,2-8,16-36H2,1H3. The predicted molar refractivity (Wildman–Crippen MR) is 222 cm³/mol. The summed E-state index contributed by atoms with van der Waals surface area (Å²) in [6.45, 7) is 9.74. The van der Waals surface area contributed by atoms with E-state index in [9.17, 15) is 22.8 Å². The number of ether oxygens (including phenoxy) is 11. The van der Waals surface area contributed by atoms with Crippen LogP contribution in [-0.4, -0.2) is 144 Å². The zero-order chi connectivity index (χ0) is 43.9. The maximum atomic E-state index is 13.1. The van der Waals surface area contributed by atoms with Gasteiger partial charge in [0.1, 0.15) is 13.2 Å². The van der Waals surface area contributed by atoms with E-state index < -0.39 is 17.7 Å². The number of rotatable bonds is 41. The maximum Gasteiger partial charge on any atom is 0.416 e. The van der Waals surface area contributed by atoms with Gasteiger partial charge in [-0.1, -0.05) is 63.6 Å². The fraction of sp³-hybridized carbons (Fsp3) is 0.682. The van der Waals surface area contributed by atoms with Crippen LogP contribution >= 0.6 is 0 Å². The van der Waals surface area contributed by atoms with Crippen molar-refractivity contribution in [1.29, 1.82) is 0 Å². The minimum atomic E-state index is -4.48. The summed E-state index contributed by atoms with van der Waals surface area (Å²) in [4.78, 5) is 24.3. The molecule has 0 aliphatic carbocycles. The van der Waals surface area contributed by atoms with Crippen LogP contribution in [0, 0.1) is 0 Å². The van der Waals surface area contributed by atoms with Gasteiger partial charge in [-0.25, -0.2) is 4.79 Å². The van der Waals surface area contributed by atoms with Gasteiger partial charge in [-0.2, -0.15) is 13.2 Å². The number of nitrogens with one attached hydrogen (secondary N) is 1. The Hall–Kier alpha value is -3.39. The first-order valence-electron chi connectivity index (χ1n) is 21.4. The lowest BCUT2D eigenvalue weighted by Crippen LogP contribution is -2.16. The van der Waals surface area contributed by atoms with Gasteiger partial charge in [-0.05, 0) is 36.8 Å². The zero-order valence-electron chi connectivity index (χ0n) is 35.9. The normalized spacial score (nSPS) is 11.5. The van der Waals surface area contributed by atoms with E-state index in [2.05, 4.69) is 12.2 Å². The number of hydrogen-bond donors (Lipinski definition) is 1. The highest BCUT2D eigenvalue weighted by molar-refractivity contribution is 5.96. The Morgan fingerprint density at radius 2 is 0.902 bits per heavy atom. The van der Waals surface area contributed by atoms with E-state index in [1.54, 1.807) is 18.2 Å². The fourth-order valence-corrected chi connectivity index (χ4v) is 5.34. The Kier molecular flexibility index (Phi) is 32.8. The van der Waals surface area contributed by atoms with Crippen molar-refractivity contribution in [3.8, 4) is 0 Å². The van der Waals surface area contributed by atoms with Gasteiger partial charge in [0.25, 0.3) is 0 Å². The monoisotopic (exact) mass is 875 g/mol. The summed E-state index contributed by atoms with van der Waals surface area (Å²) in [5.74, 6) is -0.789. The molecule has 2 rings (SSSR count). The lowest BCUT2D eigenvalue weighted by atomic mass is 10.1. The van der Waals surface area contributed by atoms with Crippen LogP contribution in [0.2, 0.25) is 0 Å². The predicted octanol–water partition coefficient (Wildman–Crippen LogP) is 7.44. The maximum absolute atomic E-state index is 13.1. The SMILES string of the molecule is CCCCCCCCCC(=O)OCCOCCOCCOCCOCCOCCOCCOCCOCCOCCOC(=O)c1ccccc1Nc1cccc(C(F)(F)F)c1. The number of carbonyl (C=O) groups is 2. The molecule has 0 aliphatic heterocycles. The molecule has 0 unspecified atom stereocenters. The molecular weight excluding hydrogens is 807 g/mol. The van der Waals surface area contributed by atoms with E-state index in [-0.39, 0.29) is 37.0 Å². The number of benzene rings is 2. The molecule has 0 bridgehead atoms. The minimum absolute atomic E-state index is 0.00628. The van der Waals surface area contributed by atoms with Crippen LogP contribution < -0.4 is 5.32 Å². The summed E-state index contributed by atoms with van der Waals surface area (Å²) in [6.07, 6.45) is 4.20. The number of unbranched alkanes of at least 4 members (excludes halogenated alkanes) is 6. The first-order valence-corrected chi connectivity index (χ1v) is 21.4. The quantitative estimate of drug-likeness (QED) is 0.0521. The van der Waals surface area contributed by atoms with Crippen molar-refractivity contribution in [3.63, 3.8) is 0 Å². The molecule has 61 heavy (non-hydrogen) atoms. The van der Waals surface area contributed by atoms with E-state index in [1.165, 1.54) is 50.3 Å². The molecule has 0 aromatic heterocycles. The molecule has 0 atom stereocenters. The number of para-hydroxylation sites is 1. The van der Waals surface area contributed by atoms with E-state index in [0.29, 0.717) is 124 Å². The van der Waals surface area contributed by atoms with Crippen molar-refractivity contribution >= 4 is 23.3 Å². The Morgan fingerprint density at radius 1 is 0.492 bits per heavy atom. The number of esters is 2. The van der Waals surface area contributed by atoms with Crippen molar-refractivity contribution in [1.82, 2.24) is 0 Å². The molecule has 0 aliphatic rings. The van der Waals surface area contributed by atoms with E-state index in [1.807, 2.05) is 0 Å². The molecule has 0 saturated heterocycles. The van der Waals surface area contributed by atoms with E-state index in [4.69, 9.17) is 52.1 Å². The van der Waals surface area contributed by atoms with Gasteiger partial charge < -0.3 is 57.4 Å². The molecule has 17 heteroatoms. The van der Waals surface area contributed by atoms with Gasteiger partial charge in [0.15, 0.2) is 0 Å². The topological polar surface area (TPSA) is 148 Å². The second-order valence-corrected chi connectivity index (χ2v) is 13.5. The highest BCUT2D eigenvalue weighted by atomic mass is 19.4. The van der Waals surface area contributed by atoms with Gasteiger partial charge in [0.05, 0.1) is 136 Å². The van der Waals surface area contributed by atoms with Crippen molar-refractivity contribution in [2.45, 2.75) is 64.5 Å². The summed E-state index contributed by atoms with van der Waals surface area (Å²) in [6, 6.07) is 11.1. The van der Waals surface area contributed by atoms with Gasteiger partial charge in [-0.15, -0.1) is 0 Å². The van der Waals surface area contributed by atoms with Crippen LogP contribution in [-0.2, 0) is 63.1 Å². The first kappa shape index (κ1) is 53.7. The molecule has 0 saturated carbocycles. The fourth-order valence-electron chi connectivity index (χ4n) is 5.34. The number of hydrogen-bond acceptors (Lipinski definition) is 14. The smallest absolute Gasteiger partial charge is 0.416 e. The largest absolute Gasteiger partial charge is 0.463 e. The average molecular weight is 876 g/mol. The number of carbonyl (C=O) groups excluding carboxylic acids is 2. The molecule has 1 N–H and O–H groups in total. The van der Waals surface area contributed by atoms with Gasteiger partial charge >= 0.3 is 18.1 Å². The third-order valence-electron chi connectivity index (χ3n) is 8.53. The minimum Gasteiger partial charge on any atom is -0.463 e. The van der Waals surface area contributed by atoms with Crippen LogP contribution in [0.4, 0.5) is 24.5 Å². The molecule has 14 nitrogen and oxygen atoms in total. The number of anilines is 2. The lowest BCUT2D eigenvalue weighted by molar-refractivity contribution is -0.145. The molecule has 0 fully saturated rings. The van der Waals surface area contributed by atoms with Crippen molar-refractivity contribution in [2.24, 2.45) is 0 Å². The van der Waals surface area contributed by atoms with Gasteiger partial charge in [0, 0.05) is 12.1 Å². The van der Waals surface area contributed by atoms with Crippen LogP contribution in [0.3, 0.4) is 0 Å². The highest BCUT2D eigenvalue weighted by Gasteiger charge is 2.30. The average Bonchev–Trinajstić information content (AvgIpc) is 3.25. The first-order chi connectivity index (χ1) is 29.8. The molecule has 0 spiro atoms. The molecule has 2 aromatic carbocycles. The van der Waals surface area contributed by atoms with Crippen LogP contribution in [0.25, 0.3) is 0 Å². The van der Waals surface area contributed by atoms with Crippen molar-refractivity contribution < 1.29 is 74.9 Å². The molecule has 0 heterocycles. The van der Waals surface area contributed by atoms with E-state index >= 15 is 0 Å². The second kappa shape index (κ2) is 37.2. The Balaban J connectivity index is 1.25. The van der Waals surface area contributed by atoms with Gasteiger partial charge in [-0.3, -0.25) is 4.79 Å². The second-order valence-electron chi connectivity index (χ2n) is 13.5. The van der Waals surface area contributed by atoms with Crippen molar-refractivity contribution in [3.05, 3.63) is 59.7 Å². The summed E-state index contributed by atoms with van der Waals surface area (Å²) in [5, 5.41) is 2.86.